The molecule has 4 atom stereocenters. The van der Waals surface area contributed by atoms with Crippen molar-refractivity contribution in [1.29, 1.82) is 0 Å². The Morgan fingerprint density at radius 3 is 2.38 bits per heavy atom. The predicted octanol–water partition coefficient (Wildman–Crippen LogP) is 6.08. The van der Waals surface area contributed by atoms with E-state index >= 15 is 0 Å². The summed E-state index contributed by atoms with van der Waals surface area (Å²) in [7, 11) is 2.11. The predicted molar refractivity (Wildman–Crippen MR) is 184 cm³/mol. The molecule has 0 radical (unpaired) electrons. The Balaban J connectivity index is 1.31. The Labute approximate surface area is 282 Å². The molecule has 48 heavy (non-hydrogen) atoms. The number of aliphatic hydroxyl groups excluding tert-OH is 1. The minimum Gasteiger partial charge on any atom is -0.481 e. The lowest BCUT2D eigenvalue weighted by molar-refractivity contribution is -0.275. The molecule has 4 aromatic rings. The van der Waals surface area contributed by atoms with E-state index < -0.39 is 12.3 Å². The summed E-state index contributed by atoms with van der Waals surface area (Å²) in [5.74, 6) is -0.998. The van der Waals surface area contributed by atoms with Gasteiger partial charge in [0.25, 0.3) is 0 Å². The molecule has 0 bridgehead atoms. The third-order valence-electron chi connectivity index (χ3n) is 8.79. The highest BCUT2D eigenvalue weighted by molar-refractivity contribution is 5.76. The monoisotopic (exact) mass is 651 g/mol. The molecule has 3 N–H and O–H groups in total. The molecule has 5 rings (SSSR count). The Morgan fingerprint density at radius 1 is 0.875 bits per heavy atom. The van der Waals surface area contributed by atoms with E-state index in [1.807, 2.05) is 91.1 Å². The van der Waals surface area contributed by atoms with Crippen molar-refractivity contribution < 1.29 is 29.3 Å². The van der Waals surface area contributed by atoms with E-state index in [4.69, 9.17) is 14.6 Å². The maximum atomic E-state index is 12.2. The number of pyridine rings is 1. The summed E-state index contributed by atoms with van der Waals surface area (Å²) in [6, 6.07) is 30.1. The zero-order valence-electron chi connectivity index (χ0n) is 27.6. The molecule has 9 nitrogen and oxygen atoms in total. The Morgan fingerprint density at radius 2 is 1.65 bits per heavy atom. The summed E-state index contributed by atoms with van der Waals surface area (Å²) in [5, 5.41) is 21.3. The molecule has 0 aliphatic carbocycles. The summed E-state index contributed by atoms with van der Waals surface area (Å²) >= 11 is 0. The van der Waals surface area contributed by atoms with Gasteiger partial charge >= 0.3 is 5.97 Å². The van der Waals surface area contributed by atoms with Crippen LogP contribution in [0, 0.1) is 5.92 Å². The molecule has 0 saturated carbocycles. The lowest BCUT2D eigenvalue weighted by atomic mass is 9.90. The van der Waals surface area contributed by atoms with Crippen LogP contribution in [0.1, 0.15) is 66.5 Å². The number of aliphatic carboxylic acids is 1. The van der Waals surface area contributed by atoms with Crippen LogP contribution in [0.2, 0.25) is 0 Å². The van der Waals surface area contributed by atoms with Crippen molar-refractivity contribution in [3.8, 4) is 11.1 Å². The summed E-state index contributed by atoms with van der Waals surface area (Å²) < 4.78 is 13.4. The van der Waals surface area contributed by atoms with Crippen LogP contribution in [0.3, 0.4) is 0 Å². The molecular formula is C39H45N3O6. The van der Waals surface area contributed by atoms with E-state index in [0.717, 1.165) is 58.6 Å². The molecular weight excluding hydrogens is 606 g/mol. The van der Waals surface area contributed by atoms with E-state index in [9.17, 15) is 14.7 Å². The summed E-state index contributed by atoms with van der Waals surface area (Å²) in [6.07, 6.45) is 2.24. The van der Waals surface area contributed by atoms with E-state index in [1.165, 1.54) is 0 Å². The van der Waals surface area contributed by atoms with Gasteiger partial charge in [-0.25, -0.2) is 0 Å². The fourth-order valence-electron chi connectivity index (χ4n) is 5.99. The number of aromatic nitrogens is 1. The smallest absolute Gasteiger partial charge is 0.303 e. The molecule has 0 unspecified atom stereocenters. The summed E-state index contributed by atoms with van der Waals surface area (Å²) in [6.45, 7) is 4.09. The first-order valence-electron chi connectivity index (χ1n) is 16.6. The first-order chi connectivity index (χ1) is 23.3. The molecule has 1 amide bonds. The Bertz CT molecular complexity index is 1630. The standard InChI is InChI=1S/C39H45N3O6/c1-27-35(25-42(2)21-19-34-12-3-4-20-40-34)47-39(48-38(27)30-17-15-28(26-43)16-18-30)33-11-6-10-32(23-33)31-9-5-8-29(22-31)24-41-36(44)13-7-14-37(45)46/h3-6,8-12,15-18,20,22-23,27,35,38-39,43H,7,13-14,19,21,24-26H2,1-2H3,(H,41,44)(H,45,46)/t27-,35+,38+,39+/m1/s1. The average molecular weight is 652 g/mol. The van der Waals surface area contributed by atoms with Gasteiger partial charge in [0.1, 0.15) is 0 Å². The first-order valence-corrected chi connectivity index (χ1v) is 16.6. The van der Waals surface area contributed by atoms with Gasteiger partial charge in [-0.15, -0.1) is 0 Å². The fourth-order valence-corrected chi connectivity index (χ4v) is 5.99. The maximum Gasteiger partial charge on any atom is 0.303 e. The molecule has 1 fully saturated rings. The van der Waals surface area contributed by atoms with Crippen molar-refractivity contribution >= 4 is 11.9 Å². The topological polar surface area (TPSA) is 121 Å². The lowest BCUT2D eigenvalue weighted by Crippen LogP contribution is -2.43. The van der Waals surface area contributed by atoms with Crippen molar-refractivity contribution in [2.75, 3.05) is 20.1 Å². The summed E-state index contributed by atoms with van der Waals surface area (Å²) in [4.78, 5) is 29.7. The number of carbonyl (C=O) groups excluding carboxylic acids is 1. The second-order valence-corrected chi connectivity index (χ2v) is 12.5. The number of hydrogen-bond donors (Lipinski definition) is 3. The van der Waals surface area contributed by atoms with E-state index in [2.05, 4.69) is 35.2 Å². The normalized spacial score (nSPS) is 19.2. The highest BCUT2D eigenvalue weighted by Gasteiger charge is 2.38. The number of likely N-dealkylation sites (N-methyl/N-ethyl adjacent to an activating group) is 1. The molecule has 0 spiro atoms. The number of carboxylic acids is 1. The van der Waals surface area contributed by atoms with E-state index in [0.29, 0.717) is 13.0 Å². The van der Waals surface area contributed by atoms with Crippen molar-refractivity contribution in [3.63, 3.8) is 0 Å². The maximum absolute atomic E-state index is 12.2. The number of carboxylic acid groups (broad SMARTS) is 1. The van der Waals surface area contributed by atoms with Gasteiger partial charge in [0.05, 0.1) is 18.8 Å². The van der Waals surface area contributed by atoms with Gasteiger partial charge in [-0.3, -0.25) is 14.6 Å². The minimum atomic E-state index is -0.900. The molecule has 3 aromatic carbocycles. The number of hydrogen-bond acceptors (Lipinski definition) is 7. The van der Waals surface area contributed by atoms with Gasteiger partial charge in [0.2, 0.25) is 5.91 Å². The quantitative estimate of drug-likeness (QED) is 0.142. The Hall–Kier alpha value is -4.41. The van der Waals surface area contributed by atoms with Gasteiger partial charge in [-0.05, 0) is 65.6 Å². The second-order valence-electron chi connectivity index (χ2n) is 12.5. The van der Waals surface area contributed by atoms with Crippen molar-refractivity contribution in [2.24, 2.45) is 5.92 Å². The van der Waals surface area contributed by atoms with Gasteiger partial charge in [-0.1, -0.05) is 73.7 Å². The molecule has 1 aliphatic heterocycles. The van der Waals surface area contributed by atoms with Crippen molar-refractivity contribution in [2.45, 2.75) is 64.3 Å². The number of carbonyl (C=O) groups is 2. The van der Waals surface area contributed by atoms with Crippen LogP contribution < -0.4 is 5.32 Å². The van der Waals surface area contributed by atoms with Gasteiger partial charge in [-0.2, -0.15) is 0 Å². The lowest BCUT2D eigenvalue weighted by Gasteiger charge is -2.42. The number of ether oxygens (including phenoxy) is 2. The van der Waals surface area contributed by atoms with Crippen LogP contribution in [-0.2, 0) is 38.6 Å². The highest BCUT2D eigenvalue weighted by atomic mass is 16.7. The summed E-state index contributed by atoms with van der Waals surface area (Å²) in [5.41, 5.74) is 6.82. The molecule has 1 aliphatic rings. The van der Waals surface area contributed by atoms with Crippen LogP contribution in [0.25, 0.3) is 11.1 Å². The molecule has 252 valence electrons. The van der Waals surface area contributed by atoms with Gasteiger partial charge in [0.15, 0.2) is 6.29 Å². The number of nitrogens with zero attached hydrogens (tertiary/aromatic N) is 2. The van der Waals surface area contributed by atoms with E-state index in [1.54, 1.807) is 0 Å². The van der Waals surface area contributed by atoms with Crippen LogP contribution in [0.4, 0.5) is 0 Å². The third-order valence-corrected chi connectivity index (χ3v) is 8.79. The number of rotatable bonds is 15. The fraction of sp³-hybridized carbons (Fsp3) is 0.359. The van der Waals surface area contributed by atoms with Crippen molar-refractivity contribution in [3.05, 3.63) is 125 Å². The van der Waals surface area contributed by atoms with Crippen molar-refractivity contribution in [1.82, 2.24) is 15.2 Å². The molecule has 1 saturated heterocycles. The average Bonchev–Trinajstić information content (AvgIpc) is 3.11. The molecule has 1 aromatic heterocycles. The van der Waals surface area contributed by atoms with Crippen LogP contribution in [0.15, 0.2) is 97.2 Å². The van der Waals surface area contributed by atoms with Crippen LogP contribution in [0.5, 0.6) is 0 Å². The number of aliphatic hydroxyl groups is 1. The highest BCUT2D eigenvalue weighted by Crippen LogP contribution is 2.42. The number of benzene rings is 3. The molecule has 9 heteroatoms. The number of nitrogens with one attached hydrogen (secondary N) is 1. The number of amides is 1. The zero-order chi connectivity index (χ0) is 33.9. The van der Waals surface area contributed by atoms with Gasteiger partial charge in [0, 0.05) is 62.3 Å². The SMILES string of the molecule is C[C@@H]1[C@H](CN(C)CCc2ccccn2)O[C@H](c2cccc(-c3cccc(CNC(=O)CCCC(=O)O)c3)c2)O[C@@H]1c1ccc(CO)cc1. The molecule has 2 heterocycles. The van der Waals surface area contributed by atoms with Crippen LogP contribution >= 0.6 is 0 Å². The minimum absolute atomic E-state index is 0.00998. The van der Waals surface area contributed by atoms with Crippen LogP contribution in [-0.4, -0.2) is 58.2 Å². The third kappa shape index (κ3) is 9.81. The van der Waals surface area contributed by atoms with E-state index in [-0.39, 0.29) is 43.5 Å². The van der Waals surface area contributed by atoms with Gasteiger partial charge < -0.3 is 29.9 Å². The second kappa shape index (κ2) is 17.1. The zero-order valence-corrected chi connectivity index (χ0v) is 27.6. The Kier molecular flexibility index (Phi) is 12.5. The first kappa shape index (κ1) is 34.9. The largest absolute Gasteiger partial charge is 0.481 e.